The molecule has 0 N–H and O–H groups in total. The summed E-state index contributed by atoms with van der Waals surface area (Å²) in [5.41, 5.74) is 0.916. The molecular weight excluding hydrogens is 386 g/mol. The lowest BCUT2D eigenvalue weighted by Gasteiger charge is -2.34. The molecule has 1 aliphatic rings. The van der Waals surface area contributed by atoms with Crippen LogP contribution in [0.25, 0.3) is 16.7 Å². The Balaban J connectivity index is 1.48. The van der Waals surface area contributed by atoms with E-state index in [9.17, 15) is 8.42 Å². The van der Waals surface area contributed by atoms with E-state index in [4.69, 9.17) is 4.74 Å². The van der Waals surface area contributed by atoms with Crippen LogP contribution in [0.15, 0.2) is 53.7 Å². The minimum atomic E-state index is -3.22. The molecule has 6 nitrogen and oxygen atoms in total. The van der Waals surface area contributed by atoms with Crippen LogP contribution in [0.5, 0.6) is 5.75 Å². The third-order valence-electron chi connectivity index (χ3n) is 5.57. The molecular formula is C22H27N3O3S. The Morgan fingerprint density at radius 1 is 1.10 bits per heavy atom. The fraction of sp³-hybridized carbons (Fsp3) is 0.409. The number of aromatic nitrogens is 2. The van der Waals surface area contributed by atoms with E-state index in [0.29, 0.717) is 10.9 Å². The van der Waals surface area contributed by atoms with E-state index < -0.39 is 9.84 Å². The summed E-state index contributed by atoms with van der Waals surface area (Å²) in [5, 5.41) is 0.868. The molecule has 2 aromatic heterocycles. The van der Waals surface area contributed by atoms with Gasteiger partial charge in [0.1, 0.15) is 17.7 Å². The molecule has 29 heavy (non-hydrogen) atoms. The van der Waals surface area contributed by atoms with Gasteiger partial charge >= 0.3 is 0 Å². The summed E-state index contributed by atoms with van der Waals surface area (Å²) in [6.07, 6.45) is 7.19. The number of rotatable bonds is 5. The number of benzene rings is 1. The smallest absolute Gasteiger partial charge is 0.175 e. The fourth-order valence-electron chi connectivity index (χ4n) is 3.84. The SMILES string of the molecule is CC(C)N1CCC(Oc2ccc(-n3ccc4cc(S(C)(=O)=O)ccc43)nc2)CC1. The number of likely N-dealkylation sites (tertiary alicyclic amines) is 1. The zero-order chi connectivity index (χ0) is 20.6. The molecule has 1 aromatic carbocycles. The third kappa shape index (κ3) is 4.31. The van der Waals surface area contributed by atoms with Gasteiger partial charge in [0.15, 0.2) is 9.84 Å². The molecule has 0 radical (unpaired) electrons. The minimum Gasteiger partial charge on any atom is -0.489 e. The number of ether oxygens (including phenoxy) is 1. The Hall–Kier alpha value is -2.38. The standard InChI is InChI=1S/C22H27N3O3S/c1-16(2)24-11-9-18(10-12-24)28-19-4-7-22(23-15-19)25-13-8-17-14-20(29(3,26)27)5-6-21(17)25/h4-8,13-16,18H,9-12H2,1-3H3. The van der Waals surface area contributed by atoms with Crippen LogP contribution >= 0.6 is 0 Å². The molecule has 1 fully saturated rings. The van der Waals surface area contributed by atoms with E-state index in [0.717, 1.165) is 48.4 Å². The molecule has 3 heterocycles. The van der Waals surface area contributed by atoms with Gasteiger partial charge < -0.3 is 14.2 Å². The highest BCUT2D eigenvalue weighted by atomic mass is 32.2. The van der Waals surface area contributed by atoms with Crippen molar-refractivity contribution in [1.82, 2.24) is 14.5 Å². The Morgan fingerprint density at radius 3 is 2.48 bits per heavy atom. The van der Waals surface area contributed by atoms with Crippen molar-refractivity contribution >= 4 is 20.7 Å². The summed E-state index contributed by atoms with van der Waals surface area (Å²) in [6.45, 7) is 6.60. The average molecular weight is 414 g/mol. The van der Waals surface area contributed by atoms with Crippen molar-refractivity contribution in [3.8, 4) is 11.6 Å². The zero-order valence-corrected chi connectivity index (χ0v) is 17.9. The van der Waals surface area contributed by atoms with Crippen molar-refractivity contribution < 1.29 is 13.2 Å². The van der Waals surface area contributed by atoms with Crippen LogP contribution in [0.1, 0.15) is 26.7 Å². The second-order valence-corrected chi connectivity index (χ2v) is 9.99. The first kappa shape index (κ1) is 19.9. The van der Waals surface area contributed by atoms with Gasteiger partial charge in [-0.1, -0.05) is 0 Å². The van der Waals surface area contributed by atoms with Gasteiger partial charge in [-0.05, 0) is 63.1 Å². The highest BCUT2D eigenvalue weighted by Gasteiger charge is 2.22. The molecule has 0 amide bonds. The predicted molar refractivity (Wildman–Crippen MR) is 115 cm³/mol. The molecule has 1 aliphatic heterocycles. The molecule has 1 saturated heterocycles. The van der Waals surface area contributed by atoms with Gasteiger partial charge in [0, 0.05) is 37.0 Å². The molecule has 0 unspecified atom stereocenters. The first-order valence-corrected chi connectivity index (χ1v) is 11.9. The van der Waals surface area contributed by atoms with E-state index in [1.54, 1.807) is 18.3 Å². The monoisotopic (exact) mass is 413 g/mol. The molecule has 3 aromatic rings. The lowest BCUT2D eigenvalue weighted by Crippen LogP contribution is -2.41. The van der Waals surface area contributed by atoms with Crippen LogP contribution in [0, 0.1) is 0 Å². The first-order valence-electron chi connectivity index (χ1n) is 9.99. The van der Waals surface area contributed by atoms with Gasteiger partial charge in [-0.15, -0.1) is 0 Å². The summed E-state index contributed by atoms with van der Waals surface area (Å²) < 4.78 is 31.6. The minimum absolute atomic E-state index is 0.236. The van der Waals surface area contributed by atoms with Crippen molar-refractivity contribution in [2.75, 3.05) is 19.3 Å². The van der Waals surface area contributed by atoms with Crippen molar-refractivity contribution in [2.45, 2.75) is 43.7 Å². The highest BCUT2D eigenvalue weighted by Crippen LogP contribution is 2.25. The number of nitrogens with zero attached hydrogens (tertiary/aromatic N) is 3. The molecule has 0 atom stereocenters. The van der Waals surface area contributed by atoms with Crippen molar-refractivity contribution in [3.05, 3.63) is 48.8 Å². The summed E-state index contributed by atoms with van der Waals surface area (Å²) in [6, 6.07) is 11.5. The summed E-state index contributed by atoms with van der Waals surface area (Å²) in [4.78, 5) is 7.36. The van der Waals surface area contributed by atoms with Gasteiger partial charge in [0.2, 0.25) is 0 Å². The van der Waals surface area contributed by atoms with Gasteiger partial charge in [0.25, 0.3) is 0 Å². The number of fused-ring (bicyclic) bond motifs is 1. The van der Waals surface area contributed by atoms with Crippen LogP contribution < -0.4 is 4.74 Å². The Kier molecular flexibility index (Phi) is 5.36. The number of hydrogen-bond acceptors (Lipinski definition) is 5. The number of hydrogen-bond donors (Lipinski definition) is 0. The first-order chi connectivity index (χ1) is 13.8. The van der Waals surface area contributed by atoms with Crippen LogP contribution in [-0.2, 0) is 9.84 Å². The average Bonchev–Trinajstić information content (AvgIpc) is 3.12. The second kappa shape index (κ2) is 7.80. The zero-order valence-electron chi connectivity index (χ0n) is 17.1. The summed E-state index contributed by atoms with van der Waals surface area (Å²) >= 11 is 0. The largest absolute Gasteiger partial charge is 0.489 e. The molecule has 0 spiro atoms. The van der Waals surface area contributed by atoms with Crippen LogP contribution in [-0.4, -0.2) is 54.4 Å². The van der Waals surface area contributed by atoms with Crippen LogP contribution in [0.2, 0.25) is 0 Å². The fourth-order valence-corrected chi connectivity index (χ4v) is 4.49. The Labute approximate surface area is 172 Å². The molecule has 154 valence electrons. The van der Waals surface area contributed by atoms with Crippen LogP contribution in [0.3, 0.4) is 0 Å². The Morgan fingerprint density at radius 2 is 1.86 bits per heavy atom. The maximum Gasteiger partial charge on any atom is 0.175 e. The number of pyridine rings is 1. The Bertz CT molecular complexity index is 1100. The highest BCUT2D eigenvalue weighted by molar-refractivity contribution is 7.90. The van der Waals surface area contributed by atoms with Gasteiger partial charge in [-0.2, -0.15) is 0 Å². The maximum atomic E-state index is 11.8. The van der Waals surface area contributed by atoms with E-state index in [2.05, 4.69) is 23.7 Å². The molecule has 0 aliphatic carbocycles. The van der Waals surface area contributed by atoms with Gasteiger partial charge in [0.05, 0.1) is 16.6 Å². The second-order valence-electron chi connectivity index (χ2n) is 7.98. The van der Waals surface area contributed by atoms with E-state index in [1.165, 1.54) is 6.26 Å². The van der Waals surface area contributed by atoms with Crippen molar-refractivity contribution in [3.63, 3.8) is 0 Å². The van der Waals surface area contributed by atoms with Crippen molar-refractivity contribution in [1.29, 1.82) is 0 Å². The van der Waals surface area contributed by atoms with Crippen molar-refractivity contribution in [2.24, 2.45) is 0 Å². The molecule has 0 bridgehead atoms. The third-order valence-corrected chi connectivity index (χ3v) is 6.68. The summed E-state index contributed by atoms with van der Waals surface area (Å²) in [5.74, 6) is 1.56. The maximum absolute atomic E-state index is 11.8. The normalized spacial score (nSPS) is 16.6. The summed E-state index contributed by atoms with van der Waals surface area (Å²) in [7, 11) is -3.22. The number of sulfone groups is 1. The lowest BCUT2D eigenvalue weighted by molar-refractivity contribution is 0.0840. The lowest BCUT2D eigenvalue weighted by atomic mass is 10.1. The predicted octanol–water partition coefficient (Wildman–Crippen LogP) is 3.68. The topological polar surface area (TPSA) is 64.4 Å². The number of piperidine rings is 1. The van der Waals surface area contributed by atoms with E-state index in [1.807, 2.05) is 35.0 Å². The van der Waals surface area contributed by atoms with E-state index in [-0.39, 0.29) is 6.10 Å². The molecule has 0 saturated carbocycles. The van der Waals surface area contributed by atoms with Crippen LogP contribution in [0.4, 0.5) is 0 Å². The van der Waals surface area contributed by atoms with Gasteiger partial charge in [-0.3, -0.25) is 0 Å². The van der Waals surface area contributed by atoms with E-state index >= 15 is 0 Å². The van der Waals surface area contributed by atoms with Gasteiger partial charge in [-0.25, -0.2) is 13.4 Å². The molecule has 4 rings (SSSR count). The quantitative estimate of drug-likeness (QED) is 0.638. The molecule has 7 heteroatoms.